The molecule has 9 heteroatoms. The first-order valence-electron chi connectivity index (χ1n) is 18.8. The highest BCUT2D eigenvalue weighted by Gasteiger charge is 2.41. The second-order valence-electron chi connectivity index (χ2n) is 13.9. The van der Waals surface area contributed by atoms with E-state index in [0.717, 1.165) is 51.2 Å². The van der Waals surface area contributed by atoms with Gasteiger partial charge in [0.2, 0.25) is 5.82 Å². The van der Waals surface area contributed by atoms with E-state index in [1.807, 2.05) is 98.1 Å². The van der Waals surface area contributed by atoms with Crippen molar-refractivity contribution in [3.05, 3.63) is 179 Å². The number of imidazole rings is 1. The highest BCUT2D eigenvalue weighted by atomic mass is 16.5. The van der Waals surface area contributed by atoms with Gasteiger partial charge in [0.1, 0.15) is 17.1 Å². The Morgan fingerprint density at radius 3 is 1.78 bits per heavy atom. The summed E-state index contributed by atoms with van der Waals surface area (Å²) in [5, 5.41) is 14.7. The zero-order valence-corrected chi connectivity index (χ0v) is 32.0. The fourth-order valence-electron chi connectivity index (χ4n) is 7.26. The monoisotopic (exact) mass is 730 g/mol. The lowest BCUT2D eigenvalue weighted by atomic mass is 9.77. The zero-order valence-electron chi connectivity index (χ0n) is 32.0. The molecule has 0 atom stereocenters. The number of tetrazole rings is 1. The van der Waals surface area contributed by atoms with Crippen molar-refractivity contribution in [2.45, 2.75) is 58.2 Å². The first-order chi connectivity index (χ1) is 26.8. The summed E-state index contributed by atoms with van der Waals surface area (Å²) in [4.78, 5) is 20.1. The predicted octanol–water partition coefficient (Wildman–Crippen LogP) is 9.10. The molecule has 0 bridgehead atoms. The van der Waals surface area contributed by atoms with E-state index in [-0.39, 0.29) is 6.61 Å². The van der Waals surface area contributed by atoms with Gasteiger partial charge in [-0.25, -0.2) is 9.78 Å². The molecule has 5 aromatic carbocycles. The Bertz CT molecular complexity index is 2250. The van der Waals surface area contributed by atoms with Crippen LogP contribution in [0.5, 0.6) is 0 Å². The van der Waals surface area contributed by atoms with Crippen molar-refractivity contribution < 1.29 is 14.3 Å². The smallest absolute Gasteiger partial charge is 0.357 e. The van der Waals surface area contributed by atoms with E-state index in [9.17, 15) is 4.79 Å². The molecule has 2 heterocycles. The van der Waals surface area contributed by atoms with Gasteiger partial charge in [-0.15, -0.1) is 15.0 Å². The molecule has 278 valence electrons. The van der Waals surface area contributed by atoms with E-state index >= 15 is 0 Å². The summed E-state index contributed by atoms with van der Waals surface area (Å²) in [5.74, 6) is 0.938. The van der Waals surface area contributed by atoms with Crippen LogP contribution in [-0.2, 0) is 33.6 Å². The maximum Gasteiger partial charge on any atom is 0.357 e. The fourth-order valence-corrected chi connectivity index (χ4v) is 7.26. The SMILES string of the molecule is CCCc1nc(C(C)(C)OC)c(C(=O)OCC)n1Cc1ccc(-c2ccccc2-c2nnn(C(c3ccccc3)(c3ccccc3)c3ccccc3)n2)cc1. The molecule has 0 aliphatic heterocycles. The number of methoxy groups -OCH3 is 1. The molecule has 0 N–H and O–H groups in total. The summed E-state index contributed by atoms with van der Waals surface area (Å²) in [6.45, 7) is 8.48. The molecule has 0 spiro atoms. The van der Waals surface area contributed by atoms with Gasteiger partial charge in [0, 0.05) is 25.6 Å². The Kier molecular flexibility index (Phi) is 10.8. The summed E-state index contributed by atoms with van der Waals surface area (Å²) < 4.78 is 13.3. The average Bonchev–Trinajstić information content (AvgIpc) is 3.86. The van der Waals surface area contributed by atoms with Crippen LogP contribution in [0.15, 0.2) is 140 Å². The second kappa shape index (κ2) is 16.0. The summed E-state index contributed by atoms with van der Waals surface area (Å²) in [6.07, 6.45) is 1.59. The van der Waals surface area contributed by atoms with Gasteiger partial charge in [-0.2, -0.15) is 0 Å². The Hall–Kier alpha value is -6.19. The molecule has 0 saturated heterocycles. The van der Waals surface area contributed by atoms with Crippen molar-refractivity contribution in [3.63, 3.8) is 0 Å². The fraction of sp³-hybridized carbons (Fsp3) is 0.239. The van der Waals surface area contributed by atoms with Crippen LogP contribution < -0.4 is 0 Å². The minimum Gasteiger partial charge on any atom is -0.461 e. The summed E-state index contributed by atoms with van der Waals surface area (Å²) in [5.41, 5.74) is 6.27. The summed E-state index contributed by atoms with van der Waals surface area (Å²) in [7, 11) is 1.63. The van der Waals surface area contributed by atoms with Gasteiger partial charge in [0.25, 0.3) is 0 Å². The molecule has 55 heavy (non-hydrogen) atoms. The molecule has 0 aliphatic carbocycles. The number of hydrogen-bond donors (Lipinski definition) is 0. The summed E-state index contributed by atoms with van der Waals surface area (Å²) >= 11 is 0. The van der Waals surface area contributed by atoms with Gasteiger partial charge in [-0.3, -0.25) is 0 Å². The number of carbonyl (C=O) groups is 1. The number of rotatable bonds is 14. The number of aryl methyl sites for hydroxylation is 1. The van der Waals surface area contributed by atoms with Crippen molar-refractivity contribution in [2.75, 3.05) is 13.7 Å². The highest BCUT2D eigenvalue weighted by Crippen LogP contribution is 2.40. The number of benzene rings is 5. The van der Waals surface area contributed by atoms with Gasteiger partial charge in [-0.1, -0.05) is 146 Å². The van der Waals surface area contributed by atoms with Crippen molar-refractivity contribution in [1.29, 1.82) is 0 Å². The van der Waals surface area contributed by atoms with Crippen LogP contribution in [0.4, 0.5) is 0 Å². The van der Waals surface area contributed by atoms with Gasteiger partial charge in [-0.05, 0) is 65.8 Å². The molecule has 0 unspecified atom stereocenters. The van der Waals surface area contributed by atoms with Crippen molar-refractivity contribution in [1.82, 2.24) is 29.8 Å². The molecule has 9 nitrogen and oxygen atoms in total. The predicted molar refractivity (Wildman–Crippen MR) is 215 cm³/mol. The Labute approximate surface area is 322 Å². The maximum absolute atomic E-state index is 13.4. The van der Waals surface area contributed by atoms with Crippen LogP contribution in [-0.4, -0.2) is 49.4 Å². The van der Waals surface area contributed by atoms with E-state index in [1.54, 1.807) is 11.9 Å². The van der Waals surface area contributed by atoms with Gasteiger partial charge in [0.05, 0.1) is 6.61 Å². The maximum atomic E-state index is 13.4. The molecule has 2 aromatic heterocycles. The highest BCUT2D eigenvalue weighted by molar-refractivity contribution is 5.89. The number of ether oxygens (including phenoxy) is 2. The Morgan fingerprint density at radius 1 is 0.709 bits per heavy atom. The molecule has 0 aliphatic rings. The van der Waals surface area contributed by atoms with Crippen LogP contribution in [0.2, 0.25) is 0 Å². The zero-order chi connectivity index (χ0) is 38.4. The first-order valence-corrected chi connectivity index (χ1v) is 18.8. The van der Waals surface area contributed by atoms with Crippen molar-refractivity contribution in [3.8, 4) is 22.5 Å². The van der Waals surface area contributed by atoms with Gasteiger partial charge >= 0.3 is 5.97 Å². The Morgan fingerprint density at radius 2 is 1.25 bits per heavy atom. The minimum atomic E-state index is -0.879. The topological polar surface area (TPSA) is 97.0 Å². The molecular formula is C46H46N6O3. The molecule has 7 rings (SSSR count). The molecule has 0 radical (unpaired) electrons. The number of esters is 1. The van der Waals surface area contributed by atoms with Gasteiger partial charge < -0.3 is 14.0 Å². The van der Waals surface area contributed by atoms with Crippen LogP contribution in [0, 0.1) is 0 Å². The van der Waals surface area contributed by atoms with Crippen molar-refractivity contribution >= 4 is 5.97 Å². The van der Waals surface area contributed by atoms with Crippen LogP contribution in [0.1, 0.15) is 78.4 Å². The lowest BCUT2D eigenvalue weighted by Crippen LogP contribution is -2.39. The van der Waals surface area contributed by atoms with E-state index in [2.05, 4.69) is 73.7 Å². The number of aromatic nitrogens is 6. The quantitative estimate of drug-likeness (QED) is 0.0814. The van der Waals surface area contributed by atoms with E-state index in [1.165, 1.54) is 0 Å². The average molecular weight is 731 g/mol. The second-order valence-corrected chi connectivity index (χ2v) is 13.9. The largest absolute Gasteiger partial charge is 0.461 e. The first kappa shape index (κ1) is 37.1. The number of nitrogens with zero attached hydrogens (tertiary/aromatic N) is 6. The number of carbonyl (C=O) groups excluding carboxylic acids is 1. The van der Waals surface area contributed by atoms with Crippen LogP contribution in [0.25, 0.3) is 22.5 Å². The molecule has 0 saturated carbocycles. The van der Waals surface area contributed by atoms with E-state index in [0.29, 0.717) is 30.2 Å². The lowest BCUT2D eigenvalue weighted by molar-refractivity contribution is 0.0131. The third-order valence-corrected chi connectivity index (χ3v) is 10.1. The third kappa shape index (κ3) is 7.11. The molecule has 0 fully saturated rings. The third-order valence-electron chi connectivity index (χ3n) is 10.1. The van der Waals surface area contributed by atoms with Gasteiger partial charge in [0.15, 0.2) is 11.2 Å². The normalized spacial score (nSPS) is 11.8. The van der Waals surface area contributed by atoms with Crippen LogP contribution >= 0.6 is 0 Å². The number of hydrogen-bond acceptors (Lipinski definition) is 7. The lowest BCUT2D eigenvalue weighted by Gasteiger charge is -2.34. The van der Waals surface area contributed by atoms with E-state index in [4.69, 9.17) is 29.9 Å². The molecular weight excluding hydrogens is 685 g/mol. The molecule has 7 aromatic rings. The Balaban J connectivity index is 1.28. The molecule has 0 amide bonds. The minimum absolute atomic E-state index is 0.266. The standard InChI is InChI=1S/C46H46N6O3/c1-6-19-40-47-42(45(3,4)54-5)41(44(53)55-7-2)51(40)32-33-28-30-34(31-29-33)38-26-17-18-27-39(38)43-48-50-52(49-43)46(35-20-11-8-12-21-35,36-22-13-9-14-23-36)37-24-15-10-16-25-37/h8-18,20-31H,6-7,19,32H2,1-5H3. The van der Waals surface area contributed by atoms with Crippen molar-refractivity contribution in [2.24, 2.45) is 0 Å². The summed E-state index contributed by atoms with van der Waals surface area (Å²) in [6, 6.07) is 47.5. The van der Waals surface area contributed by atoms with Crippen LogP contribution in [0.3, 0.4) is 0 Å². The van der Waals surface area contributed by atoms with E-state index < -0.39 is 17.1 Å².